The molecule has 2 aliphatic heterocycles. The number of rotatable bonds is 3. The monoisotopic (exact) mass is 274 g/mol. The Bertz CT molecular complexity index is 463. The van der Waals surface area contributed by atoms with E-state index in [0.717, 1.165) is 18.4 Å². The van der Waals surface area contributed by atoms with E-state index in [2.05, 4.69) is 11.9 Å². The van der Waals surface area contributed by atoms with Crippen molar-refractivity contribution in [1.82, 2.24) is 4.90 Å². The molecule has 0 spiro atoms. The SMILES string of the molecule is CN1C2CCC1CC(OC(=O)C(N)c1ccccc1)C2. The van der Waals surface area contributed by atoms with Crippen molar-refractivity contribution in [1.29, 1.82) is 0 Å². The van der Waals surface area contributed by atoms with Gasteiger partial charge in [0.05, 0.1) is 0 Å². The van der Waals surface area contributed by atoms with Gasteiger partial charge in [-0.25, -0.2) is 4.79 Å². The summed E-state index contributed by atoms with van der Waals surface area (Å²) in [5, 5.41) is 0. The van der Waals surface area contributed by atoms with Crippen LogP contribution in [0.2, 0.25) is 0 Å². The van der Waals surface area contributed by atoms with Gasteiger partial charge in [0.15, 0.2) is 0 Å². The fourth-order valence-electron chi connectivity index (χ4n) is 3.49. The molecule has 0 saturated carbocycles. The molecule has 2 heterocycles. The van der Waals surface area contributed by atoms with Crippen molar-refractivity contribution in [3.8, 4) is 0 Å². The number of nitrogens with zero attached hydrogens (tertiary/aromatic N) is 1. The molecule has 3 atom stereocenters. The van der Waals surface area contributed by atoms with Crippen molar-refractivity contribution in [2.24, 2.45) is 5.73 Å². The molecular weight excluding hydrogens is 252 g/mol. The van der Waals surface area contributed by atoms with Crippen molar-refractivity contribution in [2.75, 3.05) is 7.05 Å². The molecule has 1 aromatic rings. The van der Waals surface area contributed by atoms with E-state index in [1.165, 1.54) is 12.8 Å². The summed E-state index contributed by atoms with van der Waals surface area (Å²) < 4.78 is 5.65. The van der Waals surface area contributed by atoms with E-state index < -0.39 is 6.04 Å². The number of fused-ring (bicyclic) bond motifs is 2. The molecule has 0 aliphatic carbocycles. The van der Waals surface area contributed by atoms with Gasteiger partial charge in [0.1, 0.15) is 12.1 Å². The third kappa shape index (κ3) is 2.58. The fraction of sp³-hybridized carbons (Fsp3) is 0.562. The van der Waals surface area contributed by atoms with Gasteiger partial charge in [0.2, 0.25) is 0 Å². The molecule has 3 rings (SSSR count). The Kier molecular flexibility index (Phi) is 3.76. The van der Waals surface area contributed by atoms with Crippen LogP contribution in [0, 0.1) is 0 Å². The van der Waals surface area contributed by atoms with Crippen molar-refractivity contribution < 1.29 is 9.53 Å². The Morgan fingerprint density at radius 2 is 1.85 bits per heavy atom. The summed E-state index contributed by atoms with van der Waals surface area (Å²) in [6, 6.07) is 9.88. The molecule has 108 valence electrons. The molecule has 2 N–H and O–H groups in total. The average molecular weight is 274 g/mol. The van der Waals surface area contributed by atoms with Crippen LogP contribution in [0.25, 0.3) is 0 Å². The molecule has 20 heavy (non-hydrogen) atoms. The number of piperidine rings is 1. The van der Waals surface area contributed by atoms with Crippen LogP contribution in [0.4, 0.5) is 0 Å². The number of esters is 1. The summed E-state index contributed by atoms with van der Waals surface area (Å²) in [4.78, 5) is 14.6. The topological polar surface area (TPSA) is 55.6 Å². The van der Waals surface area contributed by atoms with Crippen LogP contribution < -0.4 is 5.73 Å². The van der Waals surface area contributed by atoms with E-state index in [9.17, 15) is 4.79 Å². The number of nitrogens with two attached hydrogens (primary N) is 1. The fourth-order valence-corrected chi connectivity index (χ4v) is 3.49. The number of carbonyl (C=O) groups is 1. The van der Waals surface area contributed by atoms with Crippen molar-refractivity contribution in [3.05, 3.63) is 35.9 Å². The quantitative estimate of drug-likeness (QED) is 0.855. The summed E-state index contributed by atoms with van der Waals surface area (Å²) in [5.41, 5.74) is 6.80. The molecule has 2 fully saturated rings. The Hall–Kier alpha value is -1.39. The largest absolute Gasteiger partial charge is 0.461 e. The van der Waals surface area contributed by atoms with Gasteiger partial charge in [-0.3, -0.25) is 0 Å². The minimum atomic E-state index is -0.673. The molecule has 1 aromatic carbocycles. The van der Waals surface area contributed by atoms with Gasteiger partial charge >= 0.3 is 5.97 Å². The van der Waals surface area contributed by atoms with Crippen LogP contribution in [-0.4, -0.2) is 36.1 Å². The lowest BCUT2D eigenvalue weighted by atomic mass is 10.0. The van der Waals surface area contributed by atoms with Gasteiger partial charge in [0.25, 0.3) is 0 Å². The highest BCUT2D eigenvalue weighted by Gasteiger charge is 2.40. The third-order valence-corrected chi connectivity index (χ3v) is 4.75. The molecule has 0 aromatic heterocycles. The van der Waals surface area contributed by atoms with Crippen LogP contribution in [0.3, 0.4) is 0 Å². The first-order chi connectivity index (χ1) is 9.65. The molecule has 4 nitrogen and oxygen atoms in total. The molecule has 2 aliphatic rings. The Morgan fingerprint density at radius 1 is 1.25 bits per heavy atom. The van der Waals surface area contributed by atoms with E-state index in [-0.39, 0.29) is 12.1 Å². The van der Waals surface area contributed by atoms with E-state index in [1.54, 1.807) is 0 Å². The minimum absolute atomic E-state index is 0.0333. The van der Waals surface area contributed by atoms with E-state index in [0.29, 0.717) is 12.1 Å². The van der Waals surface area contributed by atoms with Gasteiger partial charge in [-0.2, -0.15) is 0 Å². The summed E-state index contributed by atoms with van der Waals surface area (Å²) in [5.74, 6) is -0.301. The first kappa shape index (κ1) is 13.6. The van der Waals surface area contributed by atoms with E-state index in [1.807, 2.05) is 30.3 Å². The highest BCUT2D eigenvalue weighted by molar-refractivity contribution is 5.77. The summed E-state index contributed by atoms with van der Waals surface area (Å²) in [6.45, 7) is 0. The van der Waals surface area contributed by atoms with Crippen molar-refractivity contribution in [2.45, 2.75) is 49.9 Å². The Labute approximate surface area is 119 Å². The second-order valence-electron chi connectivity index (χ2n) is 5.97. The lowest BCUT2D eigenvalue weighted by molar-refractivity contribution is -0.154. The average Bonchev–Trinajstić information content (AvgIpc) is 2.69. The van der Waals surface area contributed by atoms with Crippen molar-refractivity contribution in [3.63, 3.8) is 0 Å². The van der Waals surface area contributed by atoms with Crippen LogP contribution in [0.1, 0.15) is 37.3 Å². The normalized spacial score (nSPS) is 31.0. The highest BCUT2D eigenvalue weighted by Crippen LogP contribution is 2.35. The zero-order valence-electron chi connectivity index (χ0n) is 11.9. The van der Waals surface area contributed by atoms with E-state index >= 15 is 0 Å². The number of hydrogen-bond acceptors (Lipinski definition) is 4. The van der Waals surface area contributed by atoms with Crippen LogP contribution in [0.15, 0.2) is 30.3 Å². The Morgan fingerprint density at radius 3 is 2.45 bits per heavy atom. The second-order valence-corrected chi connectivity index (χ2v) is 5.97. The lowest BCUT2D eigenvalue weighted by Gasteiger charge is -2.36. The number of ether oxygens (including phenoxy) is 1. The molecular formula is C16H22N2O2. The standard InChI is InChI=1S/C16H22N2O2/c1-18-12-7-8-13(18)10-14(9-12)20-16(19)15(17)11-5-3-2-4-6-11/h2-6,12-15H,7-10,17H2,1H3. The van der Waals surface area contributed by atoms with Gasteiger partial charge in [-0.1, -0.05) is 30.3 Å². The van der Waals surface area contributed by atoms with Crippen molar-refractivity contribution >= 4 is 5.97 Å². The molecule has 2 saturated heterocycles. The predicted octanol–water partition coefficient (Wildman–Crippen LogP) is 1.85. The molecule has 3 unspecified atom stereocenters. The number of benzene rings is 1. The number of hydrogen-bond donors (Lipinski definition) is 1. The zero-order chi connectivity index (χ0) is 14.1. The summed E-state index contributed by atoms with van der Waals surface area (Å²) >= 11 is 0. The summed E-state index contributed by atoms with van der Waals surface area (Å²) in [6.07, 6.45) is 4.37. The maximum absolute atomic E-state index is 12.2. The van der Waals surface area contributed by atoms with E-state index in [4.69, 9.17) is 10.5 Å². The summed E-state index contributed by atoms with van der Waals surface area (Å²) in [7, 11) is 2.18. The molecule has 4 heteroatoms. The maximum Gasteiger partial charge on any atom is 0.327 e. The van der Waals surface area contributed by atoms with Crippen LogP contribution in [0.5, 0.6) is 0 Å². The van der Waals surface area contributed by atoms with Gasteiger partial charge in [0, 0.05) is 12.1 Å². The first-order valence-electron chi connectivity index (χ1n) is 7.38. The zero-order valence-corrected chi connectivity index (χ0v) is 11.9. The van der Waals surface area contributed by atoms with Crippen LogP contribution in [-0.2, 0) is 9.53 Å². The lowest BCUT2D eigenvalue weighted by Crippen LogP contribution is -2.44. The van der Waals surface area contributed by atoms with Crippen LogP contribution >= 0.6 is 0 Å². The van der Waals surface area contributed by atoms with Gasteiger partial charge in [-0.15, -0.1) is 0 Å². The second kappa shape index (κ2) is 5.54. The minimum Gasteiger partial charge on any atom is -0.461 e. The first-order valence-corrected chi connectivity index (χ1v) is 7.38. The molecule has 0 radical (unpaired) electrons. The van der Waals surface area contributed by atoms with Gasteiger partial charge in [-0.05, 0) is 38.3 Å². The molecule has 0 amide bonds. The Balaban J connectivity index is 1.60. The predicted molar refractivity (Wildman–Crippen MR) is 77.1 cm³/mol. The highest BCUT2D eigenvalue weighted by atomic mass is 16.5. The van der Waals surface area contributed by atoms with Gasteiger partial charge < -0.3 is 15.4 Å². The maximum atomic E-state index is 12.2. The molecule has 2 bridgehead atoms. The smallest absolute Gasteiger partial charge is 0.327 e. The number of carbonyl (C=O) groups excluding carboxylic acids is 1. The third-order valence-electron chi connectivity index (χ3n) is 4.75.